The van der Waals surface area contributed by atoms with Crippen LogP contribution < -0.4 is 0 Å². The Kier molecular flexibility index (Phi) is 4.86. The van der Waals surface area contributed by atoms with Crippen molar-refractivity contribution in [2.45, 2.75) is 12.8 Å². The maximum Gasteiger partial charge on any atom is 0.147 e. The monoisotopic (exact) mass is 191 g/mol. The topological polar surface area (TPSA) is 78.2 Å². The van der Waals surface area contributed by atoms with E-state index in [9.17, 15) is 8.42 Å². The molecule has 0 saturated heterocycles. The van der Waals surface area contributed by atoms with Gasteiger partial charge < -0.3 is 5.11 Å². The summed E-state index contributed by atoms with van der Waals surface area (Å²) in [6.07, 6.45) is 2.05. The number of nitrogens with zero attached hydrogens (tertiary/aromatic N) is 1. The van der Waals surface area contributed by atoms with Crippen molar-refractivity contribution in [1.82, 2.24) is 0 Å². The fourth-order valence-corrected chi connectivity index (χ4v) is 1.48. The molecule has 0 fully saturated rings. The molecule has 0 aromatic carbocycles. The van der Waals surface area contributed by atoms with Gasteiger partial charge in [-0.15, -0.1) is 0 Å². The standard InChI is InChI=1S/C7H13NO3S/c1-12(10,11)4-2-3-7(5-8)6-9/h7,9H,2-4,6H2,1H3. The van der Waals surface area contributed by atoms with Crippen molar-refractivity contribution >= 4 is 9.84 Å². The van der Waals surface area contributed by atoms with E-state index in [1.807, 2.05) is 6.07 Å². The minimum Gasteiger partial charge on any atom is -0.395 e. The highest BCUT2D eigenvalue weighted by molar-refractivity contribution is 7.90. The first-order chi connectivity index (χ1) is 5.49. The van der Waals surface area contributed by atoms with Gasteiger partial charge in [-0.2, -0.15) is 5.26 Å². The number of hydrogen-bond acceptors (Lipinski definition) is 4. The number of rotatable bonds is 5. The molecular weight excluding hydrogens is 178 g/mol. The maximum atomic E-state index is 10.6. The van der Waals surface area contributed by atoms with Gasteiger partial charge in [-0.05, 0) is 12.8 Å². The summed E-state index contributed by atoms with van der Waals surface area (Å²) < 4.78 is 21.3. The van der Waals surface area contributed by atoms with Crippen molar-refractivity contribution in [3.63, 3.8) is 0 Å². The summed E-state index contributed by atoms with van der Waals surface area (Å²) in [7, 11) is -2.93. The van der Waals surface area contributed by atoms with Crippen molar-refractivity contribution in [2.24, 2.45) is 5.92 Å². The Balaban J connectivity index is 3.64. The second-order valence-electron chi connectivity index (χ2n) is 2.78. The van der Waals surface area contributed by atoms with Crippen molar-refractivity contribution in [1.29, 1.82) is 5.26 Å². The van der Waals surface area contributed by atoms with Gasteiger partial charge in [-0.3, -0.25) is 0 Å². The van der Waals surface area contributed by atoms with Crippen LogP contribution in [-0.2, 0) is 9.84 Å². The van der Waals surface area contributed by atoms with Gasteiger partial charge in [0.2, 0.25) is 0 Å². The molecule has 0 aromatic rings. The minimum atomic E-state index is -2.93. The summed E-state index contributed by atoms with van der Waals surface area (Å²) in [5, 5.41) is 17.0. The summed E-state index contributed by atoms with van der Waals surface area (Å²) >= 11 is 0. The number of nitriles is 1. The number of aliphatic hydroxyl groups is 1. The van der Waals surface area contributed by atoms with Gasteiger partial charge in [0, 0.05) is 12.0 Å². The first-order valence-corrected chi connectivity index (χ1v) is 5.74. The van der Waals surface area contributed by atoms with Gasteiger partial charge in [-0.25, -0.2) is 8.42 Å². The molecule has 0 spiro atoms. The van der Waals surface area contributed by atoms with E-state index in [-0.39, 0.29) is 12.4 Å². The Hall–Kier alpha value is -0.600. The summed E-state index contributed by atoms with van der Waals surface area (Å²) in [5.41, 5.74) is 0. The van der Waals surface area contributed by atoms with Crippen LogP contribution in [0.15, 0.2) is 0 Å². The van der Waals surface area contributed by atoms with E-state index >= 15 is 0 Å². The van der Waals surface area contributed by atoms with Gasteiger partial charge in [0.1, 0.15) is 9.84 Å². The lowest BCUT2D eigenvalue weighted by Gasteiger charge is -2.02. The molecule has 1 N–H and O–H groups in total. The fourth-order valence-electron chi connectivity index (χ4n) is 0.789. The van der Waals surface area contributed by atoms with Gasteiger partial charge in [0.15, 0.2) is 0 Å². The number of aliphatic hydroxyl groups excluding tert-OH is 1. The van der Waals surface area contributed by atoms with Crippen LogP contribution in [0.1, 0.15) is 12.8 Å². The Labute approximate surface area is 72.7 Å². The minimum absolute atomic E-state index is 0.0885. The Morgan fingerprint density at radius 3 is 2.50 bits per heavy atom. The molecule has 4 nitrogen and oxygen atoms in total. The molecule has 12 heavy (non-hydrogen) atoms. The quantitative estimate of drug-likeness (QED) is 0.660. The lowest BCUT2D eigenvalue weighted by molar-refractivity contribution is 0.249. The molecule has 1 unspecified atom stereocenters. The average Bonchev–Trinajstić information content (AvgIpc) is 1.96. The van der Waals surface area contributed by atoms with Crippen LogP contribution in [0.2, 0.25) is 0 Å². The number of hydrogen-bond donors (Lipinski definition) is 1. The molecule has 0 rings (SSSR count). The normalized spacial score (nSPS) is 13.8. The van der Waals surface area contributed by atoms with Gasteiger partial charge >= 0.3 is 0 Å². The Bertz CT molecular complexity index is 252. The lowest BCUT2D eigenvalue weighted by atomic mass is 10.1. The summed E-state index contributed by atoms with van der Waals surface area (Å²) in [6, 6.07) is 1.89. The van der Waals surface area contributed by atoms with Crippen LogP contribution in [0, 0.1) is 17.2 Å². The second kappa shape index (κ2) is 5.12. The van der Waals surface area contributed by atoms with E-state index in [0.29, 0.717) is 12.8 Å². The smallest absolute Gasteiger partial charge is 0.147 e. The van der Waals surface area contributed by atoms with Crippen LogP contribution in [0.3, 0.4) is 0 Å². The third-order valence-electron chi connectivity index (χ3n) is 1.47. The first-order valence-electron chi connectivity index (χ1n) is 3.68. The van der Waals surface area contributed by atoms with Crippen molar-refractivity contribution < 1.29 is 13.5 Å². The highest BCUT2D eigenvalue weighted by Crippen LogP contribution is 2.05. The molecule has 1 atom stereocenters. The van der Waals surface area contributed by atoms with Gasteiger partial charge in [0.25, 0.3) is 0 Å². The molecule has 0 aromatic heterocycles. The zero-order valence-electron chi connectivity index (χ0n) is 7.02. The van der Waals surface area contributed by atoms with E-state index in [0.717, 1.165) is 6.26 Å². The van der Waals surface area contributed by atoms with E-state index in [4.69, 9.17) is 10.4 Å². The van der Waals surface area contributed by atoms with E-state index < -0.39 is 15.8 Å². The van der Waals surface area contributed by atoms with Crippen molar-refractivity contribution in [3.05, 3.63) is 0 Å². The van der Waals surface area contributed by atoms with E-state index in [2.05, 4.69) is 0 Å². The highest BCUT2D eigenvalue weighted by Gasteiger charge is 2.07. The third kappa shape index (κ3) is 6.13. The van der Waals surface area contributed by atoms with E-state index in [1.54, 1.807) is 0 Å². The highest BCUT2D eigenvalue weighted by atomic mass is 32.2. The summed E-state index contributed by atoms with van der Waals surface area (Å²) in [4.78, 5) is 0. The van der Waals surface area contributed by atoms with Crippen LogP contribution in [0.4, 0.5) is 0 Å². The molecule has 70 valence electrons. The molecule has 0 amide bonds. The zero-order valence-corrected chi connectivity index (χ0v) is 7.84. The van der Waals surface area contributed by atoms with Crippen LogP contribution in [0.5, 0.6) is 0 Å². The van der Waals surface area contributed by atoms with Gasteiger partial charge in [0.05, 0.1) is 18.6 Å². The molecule has 0 heterocycles. The van der Waals surface area contributed by atoms with Crippen LogP contribution in [-0.4, -0.2) is 32.1 Å². The van der Waals surface area contributed by atoms with Crippen LogP contribution >= 0.6 is 0 Å². The Morgan fingerprint density at radius 2 is 2.17 bits per heavy atom. The SMILES string of the molecule is CS(=O)(=O)CCCC(C#N)CO. The fraction of sp³-hybridized carbons (Fsp3) is 0.857. The van der Waals surface area contributed by atoms with Crippen molar-refractivity contribution in [2.75, 3.05) is 18.6 Å². The molecule has 5 heteroatoms. The maximum absolute atomic E-state index is 10.6. The van der Waals surface area contributed by atoms with E-state index in [1.165, 1.54) is 0 Å². The largest absolute Gasteiger partial charge is 0.395 e. The molecule has 0 saturated carbocycles. The Morgan fingerprint density at radius 1 is 1.58 bits per heavy atom. The van der Waals surface area contributed by atoms with Gasteiger partial charge in [-0.1, -0.05) is 0 Å². The van der Waals surface area contributed by atoms with Crippen LogP contribution in [0.25, 0.3) is 0 Å². The first kappa shape index (κ1) is 11.4. The predicted octanol–water partition coefficient (Wildman–Crippen LogP) is -0.0567. The summed E-state index contributed by atoms with van der Waals surface area (Å²) in [5.74, 6) is -0.336. The molecule has 0 aliphatic carbocycles. The second-order valence-corrected chi connectivity index (χ2v) is 5.04. The average molecular weight is 191 g/mol. The number of sulfone groups is 1. The lowest BCUT2D eigenvalue weighted by Crippen LogP contribution is -2.08. The molecule has 0 aliphatic heterocycles. The molecule has 0 bridgehead atoms. The third-order valence-corrected chi connectivity index (χ3v) is 2.50. The van der Waals surface area contributed by atoms with Crippen molar-refractivity contribution in [3.8, 4) is 6.07 Å². The molecule has 0 radical (unpaired) electrons. The predicted molar refractivity (Wildman–Crippen MR) is 45.1 cm³/mol. The molecule has 0 aliphatic rings. The zero-order chi connectivity index (χ0) is 9.61. The summed E-state index contributed by atoms with van der Waals surface area (Å²) in [6.45, 7) is -0.194. The molecular formula is C7H13NO3S.